The van der Waals surface area contributed by atoms with Crippen LogP contribution in [0.3, 0.4) is 0 Å². The number of halogens is 3. The molecule has 0 aliphatic heterocycles. The second-order valence-corrected chi connectivity index (χ2v) is 7.03. The molecule has 3 rings (SSSR count). The average molecular weight is 442 g/mol. The number of hydrogen-bond acceptors (Lipinski definition) is 2. The Morgan fingerprint density at radius 1 is 1.12 bits per heavy atom. The molecule has 0 bridgehead atoms. The van der Waals surface area contributed by atoms with Gasteiger partial charge in [0.25, 0.3) is 5.56 Å². The van der Waals surface area contributed by atoms with Crippen molar-refractivity contribution in [2.45, 2.75) is 6.54 Å². The highest BCUT2D eigenvalue weighted by molar-refractivity contribution is 9.10. The minimum Gasteiger partial charge on any atom is -0.477 e. The van der Waals surface area contributed by atoms with E-state index in [4.69, 9.17) is 23.2 Å². The molecular weight excluding hydrogens is 431 g/mol. The van der Waals surface area contributed by atoms with Gasteiger partial charge < -0.3 is 5.11 Å². The summed E-state index contributed by atoms with van der Waals surface area (Å²) < 4.78 is 3.67. The summed E-state index contributed by atoms with van der Waals surface area (Å²) in [5.74, 6) is -1.28. The highest BCUT2D eigenvalue weighted by Gasteiger charge is 2.19. The molecule has 8 heteroatoms. The van der Waals surface area contributed by atoms with Crippen LogP contribution in [-0.4, -0.2) is 20.4 Å². The number of aromatic carboxylic acids is 1. The largest absolute Gasteiger partial charge is 0.477 e. The van der Waals surface area contributed by atoms with Crippen molar-refractivity contribution in [2.75, 3.05) is 0 Å². The third kappa shape index (κ3) is 3.66. The van der Waals surface area contributed by atoms with Gasteiger partial charge in [0.2, 0.25) is 0 Å². The molecule has 0 unspecified atom stereocenters. The summed E-state index contributed by atoms with van der Waals surface area (Å²) in [6, 6.07) is 12.0. The van der Waals surface area contributed by atoms with E-state index in [1.165, 1.54) is 15.6 Å². The van der Waals surface area contributed by atoms with Crippen molar-refractivity contribution in [1.82, 2.24) is 9.36 Å². The molecule has 1 aromatic heterocycles. The van der Waals surface area contributed by atoms with E-state index in [2.05, 4.69) is 15.9 Å². The number of carboxylic acids is 1. The van der Waals surface area contributed by atoms with Gasteiger partial charge in [0.1, 0.15) is 5.56 Å². The Labute approximate surface area is 161 Å². The summed E-state index contributed by atoms with van der Waals surface area (Å²) in [6.07, 6.45) is 1.30. The van der Waals surface area contributed by atoms with E-state index in [0.29, 0.717) is 21.3 Å². The Kier molecular flexibility index (Phi) is 5.03. The number of aromatic nitrogens is 2. The highest BCUT2D eigenvalue weighted by atomic mass is 79.9. The van der Waals surface area contributed by atoms with E-state index in [-0.39, 0.29) is 12.1 Å². The molecule has 0 radical (unpaired) electrons. The number of nitrogens with zero attached hydrogens (tertiary/aromatic N) is 2. The predicted molar refractivity (Wildman–Crippen MR) is 100 cm³/mol. The van der Waals surface area contributed by atoms with Gasteiger partial charge in [-0.25, -0.2) is 9.48 Å². The van der Waals surface area contributed by atoms with Crippen molar-refractivity contribution in [2.24, 2.45) is 0 Å². The SMILES string of the molecule is O=C(O)c1cn(Cc2ccc(Cl)cc2Cl)n(-c2ccc(Br)cc2)c1=O. The van der Waals surface area contributed by atoms with Gasteiger partial charge in [-0.05, 0) is 42.0 Å². The van der Waals surface area contributed by atoms with Gasteiger partial charge in [0.05, 0.1) is 12.2 Å². The molecule has 0 saturated heterocycles. The molecule has 0 amide bonds. The number of rotatable bonds is 4. The second-order valence-electron chi connectivity index (χ2n) is 5.27. The van der Waals surface area contributed by atoms with Gasteiger partial charge >= 0.3 is 5.97 Å². The number of carbonyl (C=O) groups is 1. The normalized spacial score (nSPS) is 10.8. The maximum Gasteiger partial charge on any atom is 0.342 e. The van der Waals surface area contributed by atoms with Crippen molar-refractivity contribution in [3.8, 4) is 5.69 Å². The van der Waals surface area contributed by atoms with Crippen molar-refractivity contribution in [1.29, 1.82) is 0 Å². The molecule has 128 valence electrons. The van der Waals surface area contributed by atoms with Crippen LogP contribution in [0.2, 0.25) is 10.0 Å². The Morgan fingerprint density at radius 3 is 2.40 bits per heavy atom. The number of hydrogen-bond donors (Lipinski definition) is 1. The lowest BCUT2D eigenvalue weighted by molar-refractivity contribution is 0.0695. The zero-order valence-corrected chi connectivity index (χ0v) is 15.7. The van der Waals surface area contributed by atoms with Crippen molar-refractivity contribution in [3.05, 3.63) is 84.7 Å². The van der Waals surface area contributed by atoms with Gasteiger partial charge in [-0.2, -0.15) is 0 Å². The lowest BCUT2D eigenvalue weighted by Gasteiger charge is -2.13. The van der Waals surface area contributed by atoms with Gasteiger partial charge in [-0.1, -0.05) is 45.2 Å². The van der Waals surface area contributed by atoms with Crippen LogP contribution in [0, 0.1) is 0 Å². The van der Waals surface area contributed by atoms with Crippen LogP contribution >= 0.6 is 39.1 Å². The predicted octanol–water partition coefficient (Wildman–Crippen LogP) is 4.45. The molecule has 0 fully saturated rings. The second kappa shape index (κ2) is 7.07. The van der Waals surface area contributed by atoms with Crippen LogP contribution in [0.5, 0.6) is 0 Å². The van der Waals surface area contributed by atoms with Crippen LogP contribution in [0.4, 0.5) is 0 Å². The monoisotopic (exact) mass is 440 g/mol. The maximum atomic E-state index is 12.5. The third-order valence-electron chi connectivity index (χ3n) is 3.61. The standard InChI is InChI=1S/C17H11BrCl2N2O3/c18-11-2-5-13(6-3-11)22-16(23)14(17(24)25)9-21(22)8-10-1-4-12(19)7-15(10)20/h1-7,9H,8H2,(H,24,25). The molecule has 0 spiro atoms. The lowest BCUT2D eigenvalue weighted by atomic mass is 10.2. The molecule has 1 N–H and O–H groups in total. The van der Waals surface area contributed by atoms with Gasteiger partial charge in [-0.3, -0.25) is 9.48 Å². The maximum absolute atomic E-state index is 12.5. The zero-order valence-electron chi connectivity index (χ0n) is 12.6. The Morgan fingerprint density at radius 2 is 1.80 bits per heavy atom. The van der Waals surface area contributed by atoms with Gasteiger partial charge in [0.15, 0.2) is 0 Å². The molecule has 0 saturated carbocycles. The molecule has 0 aliphatic carbocycles. The topological polar surface area (TPSA) is 64.2 Å². The molecule has 0 aliphatic rings. The minimum absolute atomic E-state index is 0.217. The number of benzene rings is 2. The van der Waals surface area contributed by atoms with E-state index in [9.17, 15) is 14.7 Å². The molecule has 1 heterocycles. The molecule has 3 aromatic rings. The molecule has 25 heavy (non-hydrogen) atoms. The molecular formula is C17H11BrCl2N2O3. The Bertz CT molecular complexity index is 1010. The summed E-state index contributed by atoms with van der Waals surface area (Å²) in [6.45, 7) is 0.217. The smallest absolute Gasteiger partial charge is 0.342 e. The van der Waals surface area contributed by atoms with Gasteiger partial charge in [-0.15, -0.1) is 0 Å². The van der Waals surface area contributed by atoms with Crippen LogP contribution in [0.15, 0.2) is 57.9 Å². The fourth-order valence-corrected chi connectivity index (χ4v) is 3.16. The summed E-state index contributed by atoms with van der Waals surface area (Å²) in [5, 5.41) is 10.2. The van der Waals surface area contributed by atoms with Crippen LogP contribution in [-0.2, 0) is 6.54 Å². The van der Waals surface area contributed by atoms with E-state index in [0.717, 1.165) is 4.47 Å². The van der Waals surface area contributed by atoms with Crippen molar-refractivity contribution in [3.63, 3.8) is 0 Å². The van der Waals surface area contributed by atoms with E-state index in [1.807, 2.05) is 0 Å². The third-order valence-corrected chi connectivity index (χ3v) is 4.72. The fourth-order valence-electron chi connectivity index (χ4n) is 2.43. The van der Waals surface area contributed by atoms with Crippen LogP contribution < -0.4 is 5.56 Å². The molecule has 0 atom stereocenters. The Hall–Kier alpha value is -2.02. The summed E-state index contributed by atoms with van der Waals surface area (Å²) in [4.78, 5) is 23.9. The quantitative estimate of drug-likeness (QED) is 0.650. The zero-order chi connectivity index (χ0) is 18.1. The van der Waals surface area contributed by atoms with Crippen molar-refractivity contribution >= 4 is 45.1 Å². The van der Waals surface area contributed by atoms with Crippen molar-refractivity contribution < 1.29 is 9.90 Å². The van der Waals surface area contributed by atoms with E-state index in [1.54, 1.807) is 42.5 Å². The first-order chi connectivity index (χ1) is 11.9. The first-order valence-corrected chi connectivity index (χ1v) is 8.67. The molecule has 2 aromatic carbocycles. The summed E-state index contributed by atoms with van der Waals surface area (Å²) in [5.41, 5.74) is 0.336. The lowest BCUT2D eigenvalue weighted by Crippen LogP contribution is -2.24. The van der Waals surface area contributed by atoms with Gasteiger partial charge in [0, 0.05) is 20.7 Å². The number of carboxylic acid groups (broad SMARTS) is 1. The van der Waals surface area contributed by atoms with E-state index >= 15 is 0 Å². The Balaban J connectivity index is 2.15. The summed E-state index contributed by atoms with van der Waals surface area (Å²) >= 11 is 15.4. The van der Waals surface area contributed by atoms with Crippen LogP contribution in [0.1, 0.15) is 15.9 Å². The fraction of sp³-hybridized carbons (Fsp3) is 0.0588. The average Bonchev–Trinajstić information content (AvgIpc) is 2.88. The minimum atomic E-state index is -1.28. The first kappa shape index (κ1) is 17.8. The summed E-state index contributed by atoms with van der Waals surface area (Å²) in [7, 11) is 0. The van der Waals surface area contributed by atoms with Crippen LogP contribution in [0.25, 0.3) is 5.69 Å². The molecule has 5 nitrogen and oxygen atoms in total. The highest BCUT2D eigenvalue weighted by Crippen LogP contribution is 2.22. The van der Waals surface area contributed by atoms with E-state index < -0.39 is 11.5 Å². The first-order valence-electron chi connectivity index (χ1n) is 7.12.